The molecule has 1 aliphatic heterocycles. The third-order valence-corrected chi connectivity index (χ3v) is 7.73. The maximum atomic E-state index is 13.8. The van der Waals surface area contributed by atoms with Crippen LogP contribution in [0.3, 0.4) is 0 Å². The third-order valence-electron chi connectivity index (χ3n) is 5.37. The number of hydrogen-bond acceptors (Lipinski definition) is 5. The fourth-order valence-electron chi connectivity index (χ4n) is 3.81. The van der Waals surface area contributed by atoms with E-state index in [4.69, 9.17) is 21.3 Å². The van der Waals surface area contributed by atoms with Gasteiger partial charge < -0.3 is 4.74 Å². The summed E-state index contributed by atoms with van der Waals surface area (Å²) in [6, 6.07) is 17.6. The lowest BCUT2D eigenvalue weighted by Gasteiger charge is -2.29. The Hall–Kier alpha value is -2.12. The van der Waals surface area contributed by atoms with Gasteiger partial charge in [0.1, 0.15) is 4.83 Å². The van der Waals surface area contributed by atoms with Gasteiger partial charge in [-0.2, -0.15) is 0 Å². The summed E-state index contributed by atoms with van der Waals surface area (Å²) < 4.78 is 7.70. The summed E-state index contributed by atoms with van der Waals surface area (Å²) in [6.07, 6.45) is 0.705. The molecule has 0 aliphatic carbocycles. The lowest BCUT2D eigenvalue weighted by Crippen LogP contribution is -2.32. The van der Waals surface area contributed by atoms with Gasteiger partial charge in [-0.1, -0.05) is 53.7 Å². The summed E-state index contributed by atoms with van der Waals surface area (Å²) in [5.41, 5.74) is 2.71. The first-order chi connectivity index (χ1) is 14.9. The zero-order chi connectivity index (χ0) is 21.6. The van der Waals surface area contributed by atoms with Crippen LogP contribution in [0.4, 0.5) is 0 Å². The van der Waals surface area contributed by atoms with Crippen molar-refractivity contribution in [1.29, 1.82) is 0 Å². The number of benzene rings is 2. The lowest BCUT2D eigenvalue weighted by atomic mass is 9.94. The SMILES string of the molecule is CC1(C)Cc2c(sc3nc(SCc4ccccc4)n(-c4ccc(Cl)cc4)c(=O)c23)CO1. The largest absolute Gasteiger partial charge is 0.370 e. The molecule has 0 saturated carbocycles. The molecule has 0 fully saturated rings. The van der Waals surface area contributed by atoms with Gasteiger partial charge in [-0.15, -0.1) is 11.3 Å². The van der Waals surface area contributed by atoms with Gasteiger partial charge in [0.25, 0.3) is 5.56 Å². The third kappa shape index (κ3) is 4.05. The van der Waals surface area contributed by atoms with Crippen molar-refractivity contribution < 1.29 is 4.74 Å². The summed E-state index contributed by atoms with van der Waals surface area (Å²) in [6.45, 7) is 4.65. The van der Waals surface area contributed by atoms with Crippen LogP contribution in [0.15, 0.2) is 64.5 Å². The van der Waals surface area contributed by atoms with E-state index in [0.29, 0.717) is 23.2 Å². The summed E-state index contributed by atoms with van der Waals surface area (Å²) in [7, 11) is 0. The van der Waals surface area contributed by atoms with E-state index >= 15 is 0 Å². The first-order valence-corrected chi connectivity index (χ1v) is 12.2. The van der Waals surface area contributed by atoms with E-state index in [1.807, 2.05) is 30.3 Å². The van der Waals surface area contributed by atoms with Crippen molar-refractivity contribution >= 4 is 44.9 Å². The molecule has 0 saturated heterocycles. The van der Waals surface area contributed by atoms with E-state index in [1.165, 1.54) is 5.56 Å². The van der Waals surface area contributed by atoms with Crippen molar-refractivity contribution in [2.45, 2.75) is 43.4 Å². The van der Waals surface area contributed by atoms with Gasteiger partial charge in [-0.25, -0.2) is 4.98 Å². The molecule has 7 heteroatoms. The number of fused-ring (bicyclic) bond motifs is 3. The van der Waals surface area contributed by atoms with Crippen LogP contribution in [-0.2, 0) is 23.5 Å². The van der Waals surface area contributed by atoms with Gasteiger partial charge >= 0.3 is 0 Å². The molecule has 1 aliphatic rings. The molecule has 158 valence electrons. The van der Waals surface area contributed by atoms with Crippen molar-refractivity contribution in [3.63, 3.8) is 0 Å². The highest BCUT2D eigenvalue weighted by molar-refractivity contribution is 7.98. The fraction of sp³-hybridized carbons (Fsp3) is 0.250. The Bertz CT molecular complexity index is 1310. The van der Waals surface area contributed by atoms with Crippen LogP contribution < -0.4 is 5.56 Å². The van der Waals surface area contributed by atoms with Gasteiger partial charge in [-0.3, -0.25) is 9.36 Å². The van der Waals surface area contributed by atoms with Gasteiger partial charge in [-0.05, 0) is 49.2 Å². The standard InChI is InChI=1S/C24H21ClN2O2S2/c1-24(2)12-18-19(13-29-24)31-21-20(18)22(28)27(17-10-8-16(25)9-11-17)23(26-21)30-14-15-6-4-3-5-7-15/h3-11H,12-14H2,1-2H3. The van der Waals surface area contributed by atoms with E-state index in [-0.39, 0.29) is 11.2 Å². The summed E-state index contributed by atoms with van der Waals surface area (Å²) in [4.78, 5) is 20.7. The van der Waals surface area contributed by atoms with E-state index in [9.17, 15) is 4.79 Å². The molecule has 0 amide bonds. The number of rotatable bonds is 4. The molecule has 0 atom stereocenters. The van der Waals surface area contributed by atoms with Crippen molar-refractivity contribution in [2.75, 3.05) is 0 Å². The van der Waals surface area contributed by atoms with E-state index in [2.05, 4.69) is 26.0 Å². The molecule has 0 spiro atoms. The second-order valence-corrected chi connectivity index (χ2v) is 10.7. The number of thiophene rings is 1. The molecule has 0 bridgehead atoms. The minimum absolute atomic E-state index is 0.0296. The normalized spacial score (nSPS) is 15.2. The summed E-state index contributed by atoms with van der Waals surface area (Å²) >= 11 is 9.24. The number of aromatic nitrogens is 2. The van der Waals surface area contributed by atoms with E-state index < -0.39 is 0 Å². The summed E-state index contributed by atoms with van der Waals surface area (Å²) in [5, 5.41) is 2.04. The van der Waals surface area contributed by atoms with Gasteiger partial charge in [0.05, 0.1) is 23.3 Å². The second kappa shape index (κ2) is 8.10. The molecule has 3 heterocycles. The number of hydrogen-bond donors (Lipinski definition) is 0. The Labute approximate surface area is 193 Å². The van der Waals surface area contributed by atoms with Crippen LogP contribution in [0, 0.1) is 0 Å². The highest BCUT2D eigenvalue weighted by Gasteiger charge is 2.31. The quantitative estimate of drug-likeness (QED) is 0.262. The van der Waals surface area contributed by atoms with Crippen LogP contribution in [0.2, 0.25) is 5.02 Å². The molecule has 2 aromatic carbocycles. The van der Waals surface area contributed by atoms with Gasteiger partial charge in [0.2, 0.25) is 0 Å². The molecule has 0 radical (unpaired) electrons. The Kier molecular flexibility index (Phi) is 5.42. The van der Waals surface area contributed by atoms with Gasteiger partial charge in [0, 0.05) is 22.1 Å². The van der Waals surface area contributed by atoms with E-state index in [0.717, 1.165) is 32.1 Å². The van der Waals surface area contributed by atoms with Gasteiger partial charge in [0.15, 0.2) is 5.16 Å². The maximum Gasteiger partial charge on any atom is 0.267 e. The smallest absolute Gasteiger partial charge is 0.267 e. The molecular formula is C24H21ClN2O2S2. The number of ether oxygens (including phenoxy) is 1. The van der Waals surface area contributed by atoms with Crippen LogP contribution in [0.5, 0.6) is 0 Å². The Morgan fingerprint density at radius 1 is 1.16 bits per heavy atom. The maximum absolute atomic E-state index is 13.8. The monoisotopic (exact) mass is 468 g/mol. The minimum atomic E-state index is -0.292. The zero-order valence-electron chi connectivity index (χ0n) is 17.2. The first kappa shape index (κ1) is 20.8. The highest BCUT2D eigenvalue weighted by Crippen LogP contribution is 2.38. The Morgan fingerprint density at radius 3 is 2.65 bits per heavy atom. The average Bonchev–Trinajstić information content (AvgIpc) is 3.10. The minimum Gasteiger partial charge on any atom is -0.370 e. The number of halogens is 1. The van der Waals surface area contributed by atoms with Crippen LogP contribution >= 0.6 is 34.7 Å². The topological polar surface area (TPSA) is 44.1 Å². The predicted octanol–water partition coefficient (Wildman–Crippen LogP) is 6.24. The lowest BCUT2D eigenvalue weighted by molar-refractivity contribution is -0.0379. The van der Waals surface area contributed by atoms with Crippen molar-refractivity contribution in [3.05, 3.63) is 86.0 Å². The fourth-order valence-corrected chi connectivity index (χ4v) is 6.05. The molecule has 5 rings (SSSR count). The number of thioether (sulfide) groups is 1. The second-order valence-electron chi connectivity index (χ2n) is 8.19. The number of nitrogens with zero attached hydrogens (tertiary/aromatic N) is 2. The molecular weight excluding hydrogens is 448 g/mol. The van der Waals surface area contributed by atoms with Crippen molar-refractivity contribution in [2.24, 2.45) is 0 Å². The molecule has 31 heavy (non-hydrogen) atoms. The van der Waals surface area contributed by atoms with Crippen LogP contribution in [0.25, 0.3) is 15.9 Å². The average molecular weight is 469 g/mol. The van der Waals surface area contributed by atoms with Crippen LogP contribution in [0.1, 0.15) is 29.9 Å². The molecule has 0 N–H and O–H groups in total. The Morgan fingerprint density at radius 2 is 1.90 bits per heavy atom. The molecule has 0 unspecified atom stereocenters. The van der Waals surface area contributed by atoms with E-state index in [1.54, 1.807) is 39.8 Å². The predicted molar refractivity (Wildman–Crippen MR) is 129 cm³/mol. The Balaban J connectivity index is 1.68. The molecule has 4 aromatic rings. The molecule has 4 nitrogen and oxygen atoms in total. The van der Waals surface area contributed by atoms with Crippen LogP contribution in [-0.4, -0.2) is 15.2 Å². The van der Waals surface area contributed by atoms with Crippen molar-refractivity contribution in [1.82, 2.24) is 9.55 Å². The summed E-state index contributed by atoms with van der Waals surface area (Å²) in [5.74, 6) is 0.730. The van der Waals surface area contributed by atoms with Crippen molar-refractivity contribution in [3.8, 4) is 5.69 Å². The highest BCUT2D eigenvalue weighted by atomic mass is 35.5. The zero-order valence-corrected chi connectivity index (χ0v) is 19.6. The first-order valence-electron chi connectivity index (χ1n) is 10.1. The molecule has 2 aromatic heterocycles.